The molecular weight excluding hydrogens is 408 g/mol. The summed E-state index contributed by atoms with van der Waals surface area (Å²) in [5.41, 5.74) is -0.350. The molecule has 3 rings (SSSR count). The number of pyridine rings is 1. The molecule has 1 aliphatic heterocycles. The predicted molar refractivity (Wildman–Crippen MR) is 107 cm³/mol. The van der Waals surface area contributed by atoms with Gasteiger partial charge in [0.2, 0.25) is 10.0 Å². The fourth-order valence-electron chi connectivity index (χ4n) is 2.72. The second-order valence-electron chi connectivity index (χ2n) is 5.96. The minimum atomic E-state index is -3.89. The number of hydrogen-bond donors (Lipinski definition) is 2. The Labute approximate surface area is 167 Å². The molecule has 1 aliphatic rings. The number of halogens is 1. The number of amidine groups is 1. The van der Waals surface area contributed by atoms with E-state index >= 15 is 0 Å². The van der Waals surface area contributed by atoms with Crippen LogP contribution in [0, 0.1) is 0 Å². The van der Waals surface area contributed by atoms with E-state index in [0.29, 0.717) is 22.2 Å². The molecule has 1 aromatic carbocycles. The standard InChI is InChI=1S/C17H19ClN4O3S2/c1-19-16-22(2)17(23,11-26-16)12-6-7-14(18)15(9-12)27(24,25)21-10-13-5-3-4-8-20-13/h3-9,21,23H,10-11H2,1-2H3. The topological polar surface area (TPSA) is 94.9 Å². The van der Waals surface area contributed by atoms with E-state index in [0.717, 1.165) is 0 Å². The molecule has 1 unspecified atom stereocenters. The van der Waals surface area contributed by atoms with Crippen LogP contribution in [0.2, 0.25) is 5.02 Å². The lowest BCUT2D eigenvalue weighted by Crippen LogP contribution is -2.42. The first-order chi connectivity index (χ1) is 12.8. The predicted octanol–water partition coefficient (Wildman–Crippen LogP) is 2.02. The third-order valence-electron chi connectivity index (χ3n) is 4.29. The zero-order chi connectivity index (χ0) is 19.7. The Morgan fingerprint density at radius 3 is 2.81 bits per heavy atom. The summed E-state index contributed by atoms with van der Waals surface area (Å²) >= 11 is 7.54. The Morgan fingerprint density at radius 1 is 1.41 bits per heavy atom. The van der Waals surface area contributed by atoms with E-state index < -0.39 is 15.7 Å². The summed E-state index contributed by atoms with van der Waals surface area (Å²) < 4.78 is 28.0. The number of aliphatic imine (C=N–C) groups is 1. The summed E-state index contributed by atoms with van der Waals surface area (Å²) in [7, 11) is -0.538. The van der Waals surface area contributed by atoms with Gasteiger partial charge >= 0.3 is 0 Å². The SMILES string of the molecule is CN=C1SCC(O)(c2ccc(Cl)c(S(=O)(=O)NCc3ccccn3)c2)N1C. The van der Waals surface area contributed by atoms with Crippen LogP contribution < -0.4 is 4.72 Å². The smallest absolute Gasteiger partial charge is 0.242 e. The minimum absolute atomic E-state index is 0.0381. The van der Waals surface area contributed by atoms with Crippen LogP contribution in [-0.4, -0.2) is 48.4 Å². The van der Waals surface area contributed by atoms with Gasteiger partial charge in [-0.15, -0.1) is 0 Å². The van der Waals surface area contributed by atoms with Crippen molar-refractivity contribution in [3.8, 4) is 0 Å². The Balaban J connectivity index is 1.91. The van der Waals surface area contributed by atoms with Crippen molar-refractivity contribution in [3.63, 3.8) is 0 Å². The maximum absolute atomic E-state index is 12.8. The summed E-state index contributed by atoms with van der Waals surface area (Å²) in [6, 6.07) is 9.75. The number of nitrogens with zero attached hydrogens (tertiary/aromatic N) is 3. The molecule has 10 heteroatoms. The van der Waals surface area contributed by atoms with Crippen LogP contribution in [0.25, 0.3) is 0 Å². The van der Waals surface area contributed by atoms with Crippen molar-refractivity contribution in [3.05, 3.63) is 58.9 Å². The van der Waals surface area contributed by atoms with E-state index in [4.69, 9.17) is 11.6 Å². The Kier molecular flexibility index (Phi) is 5.78. The highest BCUT2D eigenvalue weighted by Gasteiger charge is 2.43. The molecule has 0 aliphatic carbocycles. The molecule has 7 nitrogen and oxygen atoms in total. The van der Waals surface area contributed by atoms with Crippen LogP contribution in [0.3, 0.4) is 0 Å². The van der Waals surface area contributed by atoms with Gasteiger partial charge in [0.25, 0.3) is 0 Å². The molecule has 144 valence electrons. The molecule has 27 heavy (non-hydrogen) atoms. The largest absolute Gasteiger partial charge is 0.366 e. The fourth-order valence-corrected chi connectivity index (χ4v) is 5.40. The molecule has 2 N–H and O–H groups in total. The number of thioether (sulfide) groups is 1. The number of rotatable bonds is 5. The highest BCUT2D eigenvalue weighted by Crippen LogP contribution is 2.39. The summed E-state index contributed by atoms with van der Waals surface area (Å²) in [6.45, 7) is 0.0381. The number of nitrogens with one attached hydrogen (secondary N) is 1. The molecule has 0 amide bonds. The molecule has 0 radical (unpaired) electrons. The second kappa shape index (κ2) is 7.76. The number of aromatic nitrogens is 1. The lowest BCUT2D eigenvalue weighted by Gasteiger charge is -2.31. The van der Waals surface area contributed by atoms with Crippen molar-refractivity contribution in [1.29, 1.82) is 0 Å². The highest BCUT2D eigenvalue weighted by molar-refractivity contribution is 8.14. The zero-order valence-corrected chi connectivity index (χ0v) is 17.1. The second-order valence-corrected chi connectivity index (χ2v) is 9.05. The molecule has 0 bridgehead atoms. The molecular formula is C17H19ClN4O3S2. The van der Waals surface area contributed by atoms with Gasteiger partial charge in [-0.25, -0.2) is 13.1 Å². The van der Waals surface area contributed by atoms with Crippen molar-refractivity contribution in [2.45, 2.75) is 17.2 Å². The van der Waals surface area contributed by atoms with Crippen molar-refractivity contribution in [1.82, 2.24) is 14.6 Å². The van der Waals surface area contributed by atoms with Gasteiger partial charge in [-0.2, -0.15) is 0 Å². The maximum Gasteiger partial charge on any atom is 0.242 e. The van der Waals surface area contributed by atoms with Gasteiger partial charge in [0.15, 0.2) is 10.9 Å². The third-order valence-corrected chi connectivity index (χ3v) is 7.43. The van der Waals surface area contributed by atoms with Gasteiger partial charge in [0.05, 0.1) is 23.0 Å². The number of benzene rings is 1. The third kappa shape index (κ3) is 3.97. The average molecular weight is 427 g/mol. The van der Waals surface area contributed by atoms with Crippen LogP contribution in [0.4, 0.5) is 0 Å². The molecule has 1 aromatic heterocycles. The Morgan fingerprint density at radius 2 is 2.19 bits per heavy atom. The summed E-state index contributed by atoms with van der Waals surface area (Å²) in [5.74, 6) is 0.332. The molecule has 2 heterocycles. The minimum Gasteiger partial charge on any atom is -0.366 e. The zero-order valence-electron chi connectivity index (χ0n) is 14.8. The van der Waals surface area contributed by atoms with Gasteiger partial charge in [-0.3, -0.25) is 9.98 Å². The fraction of sp³-hybridized carbons (Fsp3) is 0.294. The van der Waals surface area contributed by atoms with Crippen LogP contribution in [0.5, 0.6) is 0 Å². The summed E-state index contributed by atoms with van der Waals surface area (Å²) in [5, 5.41) is 11.8. The van der Waals surface area contributed by atoms with E-state index in [1.807, 2.05) is 0 Å². The first kappa shape index (κ1) is 20.1. The van der Waals surface area contributed by atoms with Crippen molar-refractivity contribution >= 4 is 38.6 Å². The van der Waals surface area contributed by atoms with Crippen molar-refractivity contribution in [2.75, 3.05) is 19.8 Å². The summed E-state index contributed by atoms with van der Waals surface area (Å²) in [6.07, 6.45) is 1.59. The lowest BCUT2D eigenvalue weighted by atomic mass is 10.0. The monoisotopic (exact) mass is 426 g/mol. The number of sulfonamides is 1. The normalized spacial score (nSPS) is 21.8. The molecule has 1 fully saturated rings. The quantitative estimate of drug-likeness (QED) is 0.759. The Hall–Kier alpha value is -1.65. The van der Waals surface area contributed by atoms with E-state index in [2.05, 4.69) is 14.7 Å². The first-order valence-corrected chi connectivity index (χ1v) is 10.9. The van der Waals surface area contributed by atoms with Crippen LogP contribution in [0.1, 0.15) is 11.3 Å². The number of aliphatic hydroxyl groups is 1. The molecule has 0 spiro atoms. The molecule has 2 aromatic rings. The van der Waals surface area contributed by atoms with Gasteiger partial charge in [0.1, 0.15) is 4.90 Å². The van der Waals surface area contributed by atoms with E-state index in [1.165, 1.54) is 23.9 Å². The van der Waals surface area contributed by atoms with Crippen molar-refractivity contribution in [2.24, 2.45) is 4.99 Å². The summed E-state index contributed by atoms with van der Waals surface area (Å²) in [4.78, 5) is 9.75. The van der Waals surface area contributed by atoms with E-state index in [9.17, 15) is 13.5 Å². The van der Waals surface area contributed by atoms with E-state index in [1.54, 1.807) is 49.5 Å². The maximum atomic E-state index is 12.8. The molecule has 1 atom stereocenters. The number of hydrogen-bond acceptors (Lipinski definition) is 6. The first-order valence-electron chi connectivity index (χ1n) is 8.03. The molecule has 0 saturated carbocycles. The molecule has 1 saturated heterocycles. The average Bonchev–Trinajstić information content (AvgIpc) is 2.96. The van der Waals surface area contributed by atoms with Crippen molar-refractivity contribution < 1.29 is 13.5 Å². The van der Waals surface area contributed by atoms with Gasteiger partial charge in [-0.05, 0) is 24.3 Å². The lowest BCUT2D eigenvalue weighted by molar-refractivity contribution is -0.0349. The Bertz CT molecular complexity index is 969. The highest BCUT2D eigenvalue weighted by atomic mass is 35.5. The van der Waals surface area contributed by atoms with Gasteiger partial charge in [-0.1, -0.05) is 35.5 Å². The van der Waals surface area contributed by atoms with Crippen LogP contribution in [-0.2, 0) is 22.3 Å². The van der Waals surface area contributed by atoms with Gasteiger partial charge in [0, 0.05) is 25.9 Å². The van der Waals surface area contributed by atoms with Gasteiger partial charge < -0.3 is 10.0 Å². The van der Waals surface area contributed by atoms with E-state index in [-0.39, 0.29) is 16.5 Å². The van der Waals surface area contributed by atoms with Crippen LogP contribution >= 0.6 is 23.4 Å². The van der Waals surface area contributed by atoms with Crippen LogP contribution in [0.15, 0.2) is 52.5 Å².